The maximum Gasteiger partial charge on any atom is 0.219 e. The average molecular weight is 211 g/mol. The Morgan fingerprint density at radius 3 is 2.73 bits per heavy atom. The first-order valence-corrected chi connectivity index (χ1v) is 6.12. The van der Waals surface area contributed by atoms with Gasteiger partial charge in [-0.05, 0) is 43.9 Å². The minimum absolute atomic E-state index is 0.209. The number of rotatable bonds is 4. The standard InChI is InChI=1S/C12H21NO2/c1-9(15)13-7-2-3-12(13)11(6-8-14)10-4-5-10/h10-12,14H,2-8H2,1H3. The maximum atomic E-state index is 11.5. The Kier molecular flexibility index (Phi) is 3.29. The van der Waals surface area contributed by atoms with E-state index in [0.717, 1.165) is 31.7 Å². The molecule has 2 rings (SSSR count). The molecular formula is C12H21NO2. The fourth-order valence-electron chi connectivity index (χ4n) is 3.04. The topological polar surface area (TPSA) is 40.5 Å². The van der Waals surface area contributed by atoms with E-state index in [1.54, 1.807) is 6.92 Å². The van der Waals surface area contributed by atoms with E-state index >= 15 is 0 Å². The lowest BCUT2D eigenvalue weighted by Gasteiger charge is -2.31. The molecule has 86 valence electrons. The second kappa shape index (κ2) is 4.52. The minimum Gasteiger partial charge on any atom is -0.396 e. The first kappa shape index (κ1) is 10.9. The van der Waals surface area contributed by atoms with Gasteiger partial charge >= 0.3 is 0 Å². The van der Waals surface area contributed by atoms with Crippen LogP contribution in [0.3, 0.4) is 0 Å². The quantitative estimate of drug-likeness (QED) is 0.763. The molecule has 3 nitrogen and oxygen atoms in total. The predicted octanol–water partition coefficient (Wildman–Crippen LogP) is 1.41. The summed E-state index contributed by atoms with van der Waals surface area (Å²) < 4.78 is 0. The third kappa shape index (κ3) is 2.33. The molecule has 3 heteroatoms. The summed E-state index contributed by atoms with van der Waals surface area (Å²) in [5.74, 6) is 1.55. The van der Waals surface area contributed by atoms with Gasteiger partial charge in [0.1, 0.15) is 0 Å². The van der Waals surface area contributed by atoms with Crippen LogP contribution in [0.1, 0.15) is 39.0 Å². The van der Waals surface area contributed by atoms with Crippen molar-refractivity contribution < 1.29 is 9.90 Å². The third-order valence-electron chi connectivity index (χ3n) is 3.89. The first-order chi connectivity index (χ1) is 7.24. The van der Waals surface area contributed by atoms with Crippen molar-refractivity contribution >= 4 is 5.91 Å². The van der Waals surface area contributed by atoms with Crippen molar-refractivity contribution in [1.29, 1.82) is 0 Å². The van der Waals surface area contributed by atoms with Gasteiger partial charge in [-0.1, -0.05) is 0 Å². The van der Waals surface area contributed by atoms with Crippen molar-refractivity contribution in [2.45, 2.75) is 45.1 Å². The van der Waals surface area contributed by atoms with Crippen molar-refractivity contribution in [1.82, 2.24) is 4.90 Å². The fraction of sp³-hybridized carbons (Fsp3) is 0.917. The van der Waals surface area contributed by atoms with Crippen LogP contribution in [0.5, 0.6) is 0 Å². The summed E-state index contributed by atoms with van der Waals surface area (Å²) in [4.78, 5) is 13.5. The van der Waals surface area contributed by atoms with E-state index in [1.165, 1.54) is 12.8 Å². The zero-order chi connectivity index (χ0) is 10.8. The molecule has 1 heterocycles. The molecule has 2 atom stereocenters. The Bertz CT molecular complexity index is 238. The molecule has 0 aromatic rings. The van der Waals surface area contributed by atoms with Gasteiger partial charge in [-0.15, -0.1) is 0 Å². The van der Waals surface area contributed by atoms with Gasteiger partial charge in [0.25, 0.3) is 0 Å². The van der Waals surface area contributed by atoms with Gasteiger partial charge in [-0.2, -0.15) is 0 Å². The van der Waals surface area contributed by atoms with Crippen LogP contribution < -0.4 is 0 Å². The summed E-state index contributed by atoms with van der Waals surface area (Å²) >= 11 is 0. The van der Waals surface area contributed by atoms with Gasteiger partial charge in [0, 0.05) is 26.1 Å². The number of hydrogen-bond donors (Lipinski definition) is 1. The molecular weight excluding hydrogens is 190 g/mol. The summed E-state index contributed by atoms with van der Waals surface area (Å²) in [6.45, 7) is 2.86. The summed E-state index contributed by atoms with van der Waals surface area (Å²) in [6.07, 6.45) is 5.75. The van der Waals surface area contributed by atoms with E-state index in [4.69, 9.17) is 5.11 Å². The third-order valence-corrected chi connectivity index (χ3v) is 3.89. The van der Waals surface area contributed by atoms with Crippen molar-refractivity contribution in [3.05, 3.63) is 0 Å². The number of hydrogen-bond acceptors (Lipinski definition) is 2. The highest BCUT2D eigenvalue weighted by atomic mass is 16.3. The van der Waals surface area contributed by atoms with Crippen molar-refractivity contribution in [2.24, 2.45) is 11.8 Å². The van der Waals surface area contributed by atoms with Gasteiger partial charge in [-0.3, -0.25) is 4.79 Å². The Balaban J connectivity index is 2.01. The second-order valence-corrected chi connectivity index (χ2v) is 4.94. The molecule has 2 aliphatic rings. The van der Waals surface area contributed by atoms with E-state index in [2.05, 4.69) is 0 Å². The van der Waals surface area contributed by atoms with Crippen molar-refractivity contribution in [3.63, 3.8) is 0 Å². The monoisotopic (exact) mass is 211 g/mol. The predicted molar refractivity (Wildman–Crippen MR) is 58.3 cm³/mol. The SMILES string of the molecule is CC(=O)N1CCCC1C(CCO)C1CC1. The van der Waals surface area contributed by atoms with Crippen molar-refractivity contribution in [3.8, 4) is 0 Å². The molecule has 1 amide bonds. The average Bonchev–Trinajstić information content (AvgIpc) is 2.91. The maximum absolute atomic E-state index is 11.5. The number of carbonyl (C=O) groups is 1. The number of amides is 1. The largest absolute Gasteiger partial charge is 0.396 e. The highest BCUT2D eigenvalue weighted by Gasteiger charge is 2.41. The zero-order valence-corrected chi connectivity index (χ0v) is 9.48. The molecule has 0 spiro atoms. The van der Waals surface area contributed by atoms with Crippen LogP contribution >= 0.6 is 0 Å². The number of likely N-dealkylation sites (tertiary alicyclic amines) is 1. The lowest BCUT2D eigenvalue weighted by molar-refractivity contribution is -0.130. The number of aliphatic hydroxyl groups is 1. The van der Waals surface area contributed by atoms with E-state index < -0.39 is 0 Å². The molecule has 1 aliphatic carbocycles. The molecule has 1 saturated carbocycles. The highest BCUT2D eigenvalue weighted by molar-refractivity contribution is 5.73. The molecule has 0 bridgehead atoms. The van der Waals surface area contributed by atoms with Crippen LogP contribution in [0, 0.1) is 11.8 Å². The summed E-state index contributed by atoms with van der Waals surface area (Å²) in [7, 11) is 0. The molecule has 0 aromatic carbocycles. The smallest absolute Gasteiger partial charge is 0.219 e. The summed E-state index contributed by atoms with van der Waals surface area (Å²) in [5.41, 5.74) is 0. The lowest BCUT2D eigenvalue weighted by Crippen LogP contribution is -2.40. The van der Waals surface area contributed by atoms with Gasteiger partial charge in [0.2, 0.25) is 5.91 Å². The molecule has 2 fully saturated rings. The van der Waals surface area contributed by atoms with Crippen LogP contribution in [0.25, 0.3) is 0 Å². The minimum atomic E-state index is 0.209. The molecule has 2 unspecified atom stereocenters. The number of aliphatic hydroxyl groups excluding tert-OH is 1. The van der Waals surface area contributed by atoms with Crippen LogP contribution in [0.2, 0.25) is 0 Å². The Morgan fingerprint density at radius 2 is 2.20 bits per heavy atom. The van der Waals surface area contributed by atoms with E-state index in [0.29, 0.717) is 12.0 Å². The number of nitrogens with zero attached hydrogens (tertiary/aromatic N) is 1. The summed E-state index contributed by atoms with van der Waals surface area (Å²) in [6, 6.07) is 0.419. The van der Waals surface area contributed by atoms with Gasteiger partial charge < -0.3 is 10.0 Å². The van der Waals surface area contributed by atoms with Gasteiger partial charge in [0.15, 0.2) is 0 Å². The molecule has 0 radical (unpaired) electrons. The van der Waals surface area contributed by atoms with Crippen molar-refractivity contribution in [2.75, 3.05) is 13.2 Å². The highest BCUT2D eigenvalue weighted by Crippen LogP contribution is 2.43. The Hall–Kier alpha value is -0.570. The van der Waals surface area contributed by atoms with Crippen LogP contribution in [-0.4, -0.2) is 35.1 Å². The molecule has 15 heavy (non-hydrogen) atoms. The molecule has 0 aromatic heterocycles. The molecule has 1 aliphatic heterocycles. The normalized spacial score (nSPS) is 28.1. The first-order valence-electron chi connectivity index (χ1n) is 6.12. The molecule has 1 N–H and O–H groups in total. The lowest BCUT2D eigenvalue weighted by atomic mass is 9.89. The van der Waals surface area contributed by atoms with Gasteiger partial charge in [-0.25, -0.2) is 0 Å². The van der Waals surface area contributed by atoms with E-state index in [-0.39, 0.29) is 12.5 Å². The molecule has 1 saturated heterocycles. The van der Waals surface area contributed by atoms with Gasteiger partial charge in [0.05, 0.1) is 0 Å². The Morgan fingerprint density at radius 1 is 1.47 bits per heavy atom. The van der Waals surface area contributed by atoms with Crippen LogP contribution in [-0.2, 0) is 4.79 Å². The van der Waals surface area contributed by atoms with E-state index in [1.807, 2.05) is 4.90 Å². The number of carbonyl (C=O) groups excluding carboxylic acids is 1. The summed E-state index contributed by atoms with van der Waals surface area (Å²) in [5, 5.41) is 9.10. The Labute approximate surface area is 91.5 Å². The van der Waals surface area contributed by atoms with E-state index in [9.17, 15) is 4.79 Å². The van der Waals surface area contributed by atoms with Crippen LogP contribution in [0.15, 0.2) is 0 Å². The van der Waals surface area contributed by atoms with Crippen LogP contribution in [0.4, 0.5) is 0 Å². The fourth-order valence-corrected chi connectivity index (χ4v) is 3.04. The second-order valence-electron chi connectivity index (χ2n) is 4.94. The zero-order valence-electron chi connectivity index (χ0n) is 9.48.